The smallest absolute Gasteiger partial charge is 0.462 e. The van der Waals surface area contributed by atoms with Gasteiger partial charge in [0, 0.05) is 27.0 Å². The number of hydrogen-bond acceptors (Lipinski definition) is 5. The zero-order valence-electron chi connectivity index (χ0n) is 23.0. The number of halogens is 6. The van der Waals surface area contributed by atoms with E-state index < -0.39 is 37.0 Å². The Morgan fingerprint density at radius 3 is 2.39 bits per heavy atom. The first-order chi connectivity index (χ1) is 19.1. The molecule has 41 heavy (non-hydrogen) atoms. The van der Waals surface area contributed by atoms with Gasteiger partial charge in [0.25, 0.3) is 0 Å². The van der Waals surface area contributed by atoms with Crippen molar-refractivity contribution in [2.24, 2.45) is 5.41 Å². The Bertz CT molecular complexity index is 1360. The van der Waals surface area contributed by atoms with Gasteiger partial charge in [-0.1, -0.05) is 39.3 Å². The Kier molecular flexibility index (Phi) is 10.5. The molecule has 11 heteroatoms. The molecule has 0 saturated heterocycles. The summed E-state index contributed by atoms with van der Waals surface area (Å²) in [5.41, 5.74) is -0.140. The van der Waals surface area contributed by atoms with Crippen LogP contribution in [0.3, 0.4) is 0 Å². The van der Waals surface area contributed by atoms with Gasteiger partial charge in [-0.3, -0.25) is 0 Å². The van der Waals surface area contributed by atoms with Gasteiger partial charge < -0.3 is 13.9 Å². The molecule has 0 aliphatic heterocycles. The Hall–Kier alpha value is -3.08. The monoisotopic (exact) mass is 602 g/mol. The second-order valence-electron chi connectivity index (χ2n) is 10.4. The predicted octanol–water partition coefficient (Wildman–Crippen LogP) is 9.90. The highest BCUT2D eigenvalue weighted by Crippen LogP contribution is 2.41. The van der Waals surface area contributed by atoms with Crippen molar-refractivity contribution in [3.63, 3.8) is 0 Å². The number of alkyl halides is 6. The molecule has 0 saturated carbocycles. The minimum atomic E-state index is -4.89. The van der Waals surface area contributed by atoms with Gasteiger partial charge in [0.1, 0.15) is 17.1 Å². The average Bonchev–Trinajstić information content (AvgIpc) is 3.27. The molecule has 1 atom stereocenters. The van der Waals surface area contributed by atoms with E-state index in [-0.39, 0.29) is 28.4 Å². The second kappa shape index (κ2) is 13.3. The van der Waals surface area contributed by atoms with Crippen molar-refractivity contribution in [2.75, 3.05) is 12.4 Å². The fourth-order valence-corrected chi connectivity index (χ4v) is 5.25. The number of fused-ring (bicyclic) bond motifs is 1. The summed E-state index contributed by atoms with van der Waals surface area (Å²) < 4.78 is 94.8. The highest BCUT2D eigenvalue weighted by molar-refractivity contribution is 7.99. The molecule has 0 bridgehead atoms. The van der Waals surface area contributed by atoms with E-state index in [4.69, 9.17) is 9.15 Å². The van der Waals surface area contributed by atoms with Gasteiger partial charge in [-0.25, -0.2) is 4.79 Å². The first-order valence-electron chi connectivity index (χ1n) is 13.0. The fourth-order valence-electron chi connectivity index (χ4n) is 4.20. The second-order valence-corrected chi connectivity index (χ2v) is 11.4. The van der Waals surface area contributed by atoms with Crippen LogP contribution in [0, 0.1) is 5.41 Å². The van der Waals surface area contributed by atoms with Gasteiger partial charge >= 0.3 is 18.5 Å². The molecule has 0 spiro atoms. The summed E-state index contributed by atoms with van der Waals surface area (Å²) in [6.07, 6.45) is -7.15. The molecule has 0 radical (unpaired) electrons. The predicted molar refractivity (Wildman–Crippen MR) is 147 cm³/mol. The van der Waals surface area contributed by atoms with E-state index in [0.717, 1.165) is 31.0 Å². The molecule has 4 nitrogen and oxygen atoms in total. The number of benzene rings is 2. The van der Waals surface area contributed by atoms with Crippen LogP contribution in [0.15, 0.2) is 63.9 Å². The topological polar surface area (TPSA) is 48.7 Å². The summed E-state index contributed by atoms with van der Waals surface area (Å²) in [6, 6.07) is 11.2. The summed E-state index contributed by atoms with van der Waals surface area (Å²) in [4.78, 5) is 12.4. The highest BCUT2D eigenvalue weighted by atomic mass is 32.2. The standard InChI is InChI=1S/C30H32F6O4S/c1-5-6-7-8-20-9-12-23(26(13-20)40-30(34,35)36)25-14-21-10-11-22(15-24(21)39-25)41-18-28(4,16-29(31,32)33)17-38-27(37)19(2)3/h9-15H,2,5-8,16-18H2,1,3-4H3. The van der Waals surface area contributed by atoms with E-state index in [0.29, 0.717) is 27.8 Å². The minimum Gasteiger partial charge on any atom is -0.462 e. The van der Waals surface area contributed by atoms with Crippen LogP contribution < -0.4 is 4.74 Å². The number of aryl methyl sites for hydroxylation is 1. The number of furan rings is 1. The molecule has 0 N–H and O–H groups in total. The number of thioether (sulfide) groups is 1. The van der Waals surface area contributed by atoms with Gasteiger partial charge in [-0.05, 0) is 61.7 Å². The van der Waals surface area contributed by atoms with Crippen LogP contribution in [0.2, 0.25) is 0 Å². The zero-order valence-corrected chi connectivity index (χ0v) is 23.8. The molecule has 3 rings (SSSR count). The lowest BCUT2D eigenvalue weighted by atomic mass is 9.90. The zero-order chi connectivity index (χ0) is 30.4. The van der Waals surface area contributed by atoms with Gasteiger partial charge in [0.2, 0.25) is 0 Å². The van der Waals surface area contributed by atoms with Crippen molar-refractivity contribution >= 4 is 28.7 Å². The van der Waals surface area contributed by atoms with Gasteiger partial charge in [-0.2, -0.15) is 13.2 Å². The molecule has 3 aromatic rings. The van der Waals surface area contributed by atoms with E-state index in [1.54, 1.807) is 30.3 Å². The number of carbonyl (C=O) groups excluding carboxylic acids is 1. The van der Waals surface area contributed by atoms with E-state index in [2.05, 4.69) is 11.3 Å². The first-order valence-corrected chi connectivity index (χ1v) is 14.0. The van der Waals surface area contributed by atoms with Crippen LogP contribution in [0.5, 0.6) is 5.75 Å². The maximum atomic E-state index is 13.3. The lowest BCUT2D eigenvalue weighted by Crippen LogP contribution is -2.33. The Morgan fingerprint density at radius 2 is 1.76 bits per heavy atom. The molecule has 0 amide bonds. The molecular formula is C30H32F6O4S. The van der Waals surface area contributed by atoms with Crippen molar-refractivity contribution in [2.45, 2.75) is 70.3 Å². The van der Waals surface area contributed by atoms with Crippen LogP contribution in [0.1, 0.15) is 52.0 Å². The summed E-state index contributed by atoms with van der Waals surface area (Å²) >= 11 is 1.12. The van der Waals surface area contributed by atoms with Crippen molar-refractivity contribution in [3.8, 4) is 17.1 Å². The molecular weight excluding hydrogens is 570 g/mol. The van der Waals surface area contributed by atoms with Crippen LogP contribution in [-0.4, -0.2) is 30.9 Å². The van der Waals surface area contributed by atoms with E-state index in [1.165, 1.54) is 26.0 Å². The van der Waals surface area contributed by atoms with Crippen LogP contribution in [-0.2, 0) is 16.0 Å². The highest BCUT2D eigenvalue weighted by Gasteiger charge is 2.40. The van der Waals surface area contributed by atoms with Crippen molar-refractivity contribution in [3.05, 3.63) is 60.2 Å². The third kappa shape index (κ3) is 10.1. The third-order valence-corrected chi connectivity index (χ3v) is 7.64. The maximum absolute atomic E-state index is 13.3. The van der Waals surface area contributed by atoms with Crippen molar-refractivity contribution in [1.29, 1.82) is 0 Å². The summed E-state index contributed by atoms with van der Waals surface area (Å²) in [5.74, 6) is -1.00. The number of rotatable bonds is 13. The third-order valence-electron chi connectivity index (χ3n) is 6.21. The molecule has 1 unspecified atom stereocenters. The number of unbranched alkanes of at least 4 members (excludes halogenated alkanes) is 2. The van der Waals surface area contributed by atoms with Crippen LogP contribution in [0.25, 0.3) is 22.3 Å². The lowest BCUT2D eigenvalue weighted by Gasteiger charge is -2.29. The molecule has 0 aliphatic carbocycles. The van der Waals surface area contributed by atoms with E-state index >= 15 is 0 Å². The van der Waals surface area contributed by atoms with Gasteiger partial charge in [0.05, 0.1) is 18.6 Å². The van der Waals surface area contributed by atoms with Crippen LogP contribution >= 0.6 is 11.8 Å². The van der Waals surface area contributed by atoms with Crippen LogP contribution in [0.4, 0.5) is 26.3 Å². The number of esters is 1. The SMILES string of the molecule is C=C(C)C(=O)OCC(C)(CSc1ccc2cc(-c3ccc(CCCCC)cc3OC(F)(F)F)oc2c1)CC(F)(F)F. The molecule has 1 heterocycles. The lowest BCUT2D eigenvalue weighted by molar-refractivity contribution is -0.274. The maximum Gasteiger partial charge on any atom is 0.573 e. The van der Waals surface area contributed by atoms with Crippen molar-refractivity contribution in [1.82, 2.24) is 0 Å². The largest absolute Gasteiger partial charge is 0.573 e. The molecule has 224 valence electrons. The molecule has 0 aliphatic rings. The average molecular weight is 603 g/mol. The number of ether oxygens (including phenoxy) is 2. The summed E-state index contributed by atoms with van der Waals surface area (Å²) in [5, 5.41) is 0.600. The number of hydrogen-bond donors (Lipinski definition) is 0. The summed E-state index contributed by atoms with van der Waals surface area (Å²) in [6.45, 7) is 7.82. The van der Waals surface area contributed by atoms with Crippen molar-refractivity contribution < 1.29 is 45.0 Å². The fraction of sp³-hybridized carbons (Fsp3) is 0.433. The normalized spacial score (nSPS) is 13.7. The minimum absolute atomic E-state index is 0.0296. The first kappa shape index (κ1) is 32.4. The molecule has 2 aromatic carbocycles. The summed E-state index contributed by atoms with van der Waals surface area (Å²) in [7, 11) is 0. The quantitative estimate of drug-likeness (QED) is 0.0641. The molecule has 0 fully saturated rings. The number of carbonyl (C=O) groups is 1. The Balaban J connectivity index is 1.84. The Morgan fingerprint density at radius 1 is 1.02 bits per heavy atom. The van der Waals surface area contributed by atoms with Gasteiger partial charge in [0.15, 0.2) is 0 Å². The Labute approximate surface area is 239 Å². The van der Waals surface area contributed by atoms with E-state index in [1.807, 2.05) is 6.92 Å². The van der Waals surface area contributed by atoms with Gasteiger partial charge in [-0.15, -0.1) is 24.9 Å². The van der Waals surface area contributed by atoms with E-state index in [9.17, 15) is 31.1 Å². The molecule has 1 aromatic heterocycles.